The topological polar surface area (TPSA) is 51.0 Å². The van der Waals surface area contributed by atoms with Gasteiger partial charge in [-0.3, -0.25) is 4.90 Å². The summed E-state index contributed by atoms with van der Waals surface area (Å²) in [4.78, 5) is 14.3. The molecule has 0 spiro atoms. The average Bonchev–Trinajstić information content (AvgIpc) is 3.06. The van der Waals surface area contributed by atoms with E-state index in [4.69, 9.17) is 11.6 Å². The van der Waals surface area contributed by atoms with Crippen molar-refractivity contribution in [1.29, 1.82) is 0 Å². The van der Waals surface area contributed by atoms with Crippen LogP contribution >= 0.6 is 11.6 Å². The maximum Gasteiger partial charge on any atom is 0.350 e. The molecule has 5 nitrogen and oxygen atoms in total. The van der Waals surface area contributed by atoms with Gasteiger partial charge in [0.2, 0.25) is 0 Å². The van der Waals surface area contributed by atoms with Crippen molar-refractivity contribution in [2.24, 2.45) is 0 Å². The van der Waals surface area contributed by atoms with Crippen LogP contribution in [-0.4, -0.2) is 27.6 Å². The number of rotatable bonds is 3. The largest absolute Gasteiger partial charge is 0.350 e. The second kappa shape index (κ2) is 6.62. The second-order valence-corrected chi connectivity index (χ2v) is 5.30. The van der Waals surface area contributed by atoms with Gasteiger partial charge in [-0.2, -0.15) is 4.68 Å². The molecule has 116 valence electrons. The molecule has 0 atom stereocenters. The van der Waals surface area contributed by atoms with E-state index in [1.165, 1.54) is 4.68 Å². The average molecular weight is 327 g/mol. The van der Waals surface area contributed by atoms with Crippen molar-refractivity contribution in [2.75, 3.05) is 11.4 Å². The lowest BCUT2D eigenvalue weighted by Gasteiger charge is -2.19. The quantitative estimate of drug-likeness (QED) is 0.728. The van der Waals surface area contributed by atoms with E-state index in [0.29, 0.717) is 17.3 Å². The second-order valence-electron chi connectivity index (χ2n) is 4.89. The van der Waals surface area contributed by atoms with E-state index in [2.05, 4.69) is 10.3 Å². The SMILES string of the molecule is CCN(C(=O)n1cc(-c2ccccc2Cl)nn1)c1ccccc1. The first-order valence-corrected chi connectivity index (χ1v) is 7.62. The lowest BCUT2D eigenvalue weighted by atomic mass is 10.2. The van der Waals surface area contributed by atoms with Crippen LogP contribution in [-0.2, 0) is 0 Å². The normalized spacial score (nSPS) is 10.5. The number of nitrogens with zero attached hydrogens (tertiary/aromatic N) is 4. The van der Waals surface area contributed by atoms with E-state index >= 15 is 0 Å². The molecular weight excluding hydrogens is 312 g/mol. The van der Waals surface area contributed by atoms with Gasteiger partial charge in [0.05, 0.1) is 11.2 Å². The highest BCUT2D eigenvalue weighted by atomic mass is 35.5. The number of amides is 1. The zero-order chi connectivity index (χ0) is 16.2. The summed E-state index contributed by atoms with van der Waals surface area (Å²) < 4.78 is 1.23. The van der Waals surface area contributed by atoms with Gasteiger partial charge >= 0.3 is 6.03 Å². The third-order valence-corrected chi connectivity index (χ3v) is 3.78. The molecule has 0 aliphatic rings. The minimum atomic E-state index is -0.260. The molecule has 0 unspecified atom stereocenters. The van der Waals surface area contributed by atoms with Crippen LogP contribution in [0.2, 0.25) is 5.02 Å². The van der Waals surface area contributed by atoms with Crippen molar-refractivity contribution in [3.63, 3.8) is 0 Å². The van der Waals surface area contributed by atoms with Gasteiger partial charge in [0.25, 0.3) is 0 Å². The number of hydrogen-bond donors (Lipinski definition) is 0. The fourth-order valence-electron chi connectivity index (χ4n) is 2.31. The fraction of sp³-hybridized carbons (Fsp3) is 0.118. The monoisotopic (exact) mass is 326 g/mol. The Hall–Kier alpha value is -2.66. The Kier molecular flexibility index (Phi) is 4.39. The number of aromatic nitrogens is 3. The van der Waals surface area contributed by atoms with Gasteiger partial charge in [-0.15, -0.1) is 5.10 Å². The predicted octanol–water partition coefficient (Wildman–Crippen LogP) is 4.09. The molecule has 3 rings (SSSR count). The molecule has 1 amide bonds. The molecule has 6 heteroatoms. The van der Waals surface area contributed by atoms with Crippen LogP contribution in [0, 0.1) is 0 Å². The van der Waals surface area contributed by atoms with Crippen LogP contribution in [0.3, 0.4) is 0 Å². The molecule has 0 N–H and O–H groups in total. The molecular formula is C17H15ClN4O. The van der Waals surface area contributed by atoms with E-state index in [1.54, 1.807) is 17.2 Å². The maximum atomic E-state index is 12.7. The van der Waals surface area contributed by atoms with Crippen LogP contribution in [0.25, 0.3) is 11.3 Å². The molecule has 0 saturated heterocycles. The molecule has 0 fully saturated rings. The summed E-state index contributed by atoms with van der Waals surface area (Å²) in [7, 11) is 0. The summed E-state index contributed by atoms with van der Waals surface area (Å²) in [5, 5.41) is 8.58. The number of para-hydroxylation sites is 1. The van der Waals surface area contributed by atoms with Gasteiger partial charge in [-0.05, 0) is 25.1 Å². The van der Waals surface area contributed by atoms with Gasteiger partial charge in [0.1, 0.15) is 5.69 Å². The summed E-state index contributed by atoms with van der Waals surface area (Å²) in [6, 6.07) is 16.5. The van der Waals surface area contributed by atoms with Crippen LogP contribution in [0.1, 0.15) is 6.92 Å². The van der Waals surface area contributed by atoms with Crippen molar-refractivity contribution in [3.05, 3.63) is 65.8 Å². The minimum absolute atomic E-state index is 0.260. The highest BCUT2D eigenvalue weighted by molar-refractivity contribution is 6.33. The van der Waals surface area contributed by atoms with Gasteiger partial charge in [-0.25, -0.2) is 4.79 Å². The van der Waals surface area contributed by atoms with E-state index in [-0.39, 0.29) is 6.03 Å². The summed E-state index contributed by atoms with van der Waals surface area (Å²) in [6.07, 6.45) is 1.59. The molecule has 0 aliphatic heterocycles. The molecule has 23 heavy (non-hydrogen) atoms. The van der Waals surface area contributed by atoms with Crippen molar-refractivity contribution < 1.29 is 4.79 Å². The van der Waals surface area contributed by atoms with Crippen LogP contribution in [0.15, 0.2) is 60.8 Å². The van der Waals surface area contributed by atoms with Crippen LogP contribution in [0.5, 0.6) is 0 Å². The standard InChI is InChI=1S/C17H15ClN4O/c1-2-21(13-8-4-3-5-9-13)17(23)22-12-16(19-20-22)14-10-6-7-11-15(14)18/h3-12H,2H2,1H3. The molecule has 0 bridgehead atoms. The van der Waals surface area contributed by atoms with Gasteiger partial charge in [-0.1, -0.05) is 53.2 Å². The minimum Gasteiger partial charge on any atom is -0.293 e. The van der Waals surface area contributed by atoms with E-state index in [1.807, 2.05) is 55.5 Å². The Morgan fingerprint density at radius 1 is 1.13 bits per heavy atom. The molecule has 3 aromatic rings. The Balaban J connectivity index is 1.91. The molecule has 1 heterocycles. The van der Waals surface area contributed by atoms with Crippen molar-refractivity contribution in [1.82, 2.24) is 15.0 Å². The third-order valence-electron chi connectivity index (χ3n) is 3.45. The lowest BCUT2D eigenvalue weighted by molar-refractivity contribution is 0.245. The van der Waals surface area contributed by atoms with E-state index in [0.717, 1.165) is 11.3 Å². The van der Waals surface area contributed by atoms with E-state index < -0.39 is 0 Å². The highest BCUT2D eigenvalue weighted by Gasteiger charge is 2.18. The first-order valence-electron chi connectivity index (χ1n) is 7.25. The van der Waals surface area contributed by atoms with Crippen LogP contribution < -0.4 is 4.90 Å². The Morgan fingerprint density at radius 3 is 2.52 bits per heavy atom. The van der Waals surface area contributed by atoms with Crippen molar-refractivity contribution >= 4 is 23.3 Å². The Labute approximate surface area is 139 Å². The Morgan fingerprint density at radius 2 is 1.83 bits per heavy atom. The lowest BCUT2D eigenvalue weighted by Crippen LogP contribution is -2.34. The van der Waals surface area contributed by atoms with Gasteiger partial charge < -0.3 is 0 Å². The number of carbonyl (C=O) groups is 1. The number of halogens is 1. The number of hydrogen-bond acceptors (Lipinski definition) is 3. The first kappa shape index (κ1) is 15.2. The number of anilines is 1. The smallest absolute Gasteiger partial charge is 0.293 e. The maximum absolute atomic E-state index is 12.7. The highest BCUT2D eigenvalue weighted by Crippen LogP contribution is 2.25. The third kappa shape index (κ3) is 3.10. The summed E-state index contributed by atoms with van der Waals surface area (Å²) in [5.74, 6) is 0. The first-order chi connectivity index (χ1) is 11.2. The van der Waals surface area contributed by atoms with Gasteiger partial charge in [0.15, 0.2) is 0 Å². The van der Waals surface area contributed by atoms with Crippen molar-refractivity contribution in [2.45, 2.75) is 6.92 Å². The molecule has 1 aromatic heterocycles. The predicted molar refractivity (Wildman–Crippen MR) is 90.7 cm³/mol. The number of carbonyl (C=O) groups excluding carboxylic acids is 1. The summed E-state index contributed by atoms with van der Waals surface area (Å²) in [6.45, 7) is 2.45. The zero-order valence-electron chi connectivity index (χ0n) is 12.6. The van der Waals surface area contributed by atoms with Crippen LogP contribution in [0.4, 0.5) is 10.5 Å². The van der Waals surface area contributed by atoms with Gasteiger partial charge in [0, 0.05) is 17.8 Å². The fourth-order valence-corrected chi connectivity index (χ4v) is 2.54. The van der Waals surface area contributed by atoms with Crippen molar-refractivity contribution in [3.8, 4) is 11.3 Å². The van der Waals surface area contributed by atoms with E-state index in [9.17, 15) is 4.79 Å². The molecule has 2 aromatic carbocycles. The molecule has 0 saturated carbocycles. The molecule has 0 radical (unpaired) electrons. The zero-order valence-corrected chi connectivity index (χ0v) is 13.3. The number of benzene rings is 2. The summed E-state index contributed by atoms with van der Waals surface area (Å²) in [5.41, 5.74) is 2.12. The molecule has 0 aliphatic carbocycles. The Bertz CT molecular complexity index is 816. The summed E-state index contributed by atoms with van der Waals surface area (Å²) >= 11 is 6.16.